The average molecular weight is 288 g/mol. The van der Waals surface area contributed by atoms with Gasteiger partial charge in [0.2, 0.25) is 10.0 Å². The van der Waals surface area contributed by atoms with Gasteiger partial charge in [0, 0.05) is 19.6 Å². The highest BCUT2D eigenvalue weighted by Crippen LogP contribution is 2.24. The van der Waals surface area contributed by atoms with E-state index in [1.54, 1.807) is 13.8 Å². The Morgan fingerprint density at radius 3 is 2.16 bits per heavy atom. The Balaban J connectivity index is 3.33. The number of nitrogens with zero attached hydrogens (tertiary/aromatic N) is 1. The number of benzene rings is 1. The zero-order chi connectivity index (χ0) is 14.6. The van der Waals surface area contributed by atoms with E-state index in [1.807, 2.05) is 6.92 Å². The van der Waals surface area contributed by atoms with Crippen LogP contribution in [0, 0.1) is 19.7 Å². The summed E-state index contributed by atoms with van der Waals surface area (Å²) in [7, 11) is -3.62. The molecule has 0 unspecified atom stereocenters. The molecule has 2 N–H and O–H groups in total. The fraction of sp³-hybridized carbons (Fsp3) is 0.538. The van der Waals surface area contributed by atoms with Gasteiger partial charge in [-0.25, -0.2) is 12.8 Å². The molecule has 1 aromatic rings. The van der Waals surface area contributed by atoms with Gasteiger partial charge in [-0.1, -0.05) is 6.92 Å². The second-order valence-corrected chi connectivity index (χ2v) is 6.44. The summed E-state index contributed by atoms with van der Waals surface area (Å²) in [5, 5.41) is 0. The summed E-state index contributed by atoms with van der Waals surface area (Å²) in [6, 6.07) is 2.49. The molecule has 4 nitrogen and oxygen atoms in total. The summed E-state index contributed by atoms with van der Waals surface area (Å²) in [4.78, 5) is 0.191. The van der Waals surface area contributed by atoms with Crippen LogP contribution in [0.5, 0.6) is 0 Å². The summed E-state index contributed by atoms with van der Waals surface area (Å²) >= 11 is 0. The number of sulfonamides is 1. The molecule has 0 atom stereocenters. The first-order chi connectivity index (χ1) is 8.84. The summed E-state index contributed by atoms with van der Waals surface area (Å²) in [5.74, 6) is -0.421. The predicted octanol–water partition coefficient (Wildman–Crippen LogP) is 1.80. The predicted molar refractivity (Wildman–Crippen MR) is 74.0 cm³/mol. The lowest BCUT2D eigenvalue weighted by Crippen LogP contribution is -2.36. The van der Waals surface area contributed by atoms with Gasteiger partial charge >= 0.3 is 0 Å². The van der Waals surface area contributed by atoms with Crippen molar-refractivity contribution in [2.45, 2.75) is 32.1 Å². The Hall–Kier alpha value is -0.980. The fourth-order valence-corrected chi connectivity index (χ4v) is 4.14. The van der Waals surface area contributed by atoms with Crippen molar-refractivity contribution in [2.24, 2.45) is 5.73 Å². The summed E-state index contributed by atoms with van der Waals surface area (Å²) < 4.78 is 39.9. The lowest BCUT2D eigenvalue weighted by molar-refractivity contribution is 0.417. The number of halogens is 1. The van der Waals surface area contributed by atoms with Crippen molar-refractivity contribution in [1.29, 1.82) is 0 Å². The number of aryl methyl sites for hydroxylation is 2. The molecule has 0 fully saturated rings. The van der Waals surface area contributed by atoms with Crippen LogP contribution in [-0.4, -0.2) is 32.4 Å². The zero-order valence-electron chi connectivity index (χ0n) is 11.6. The Labute approximate surface area is 114 Å². The van der Waals surface area contributed by atoms with Crippen molar-refractivity contribution in [3.63, 3.8) is 0 Å². The maximum atomic E-state index is 13.3. The lowest BCUT2D eigenvalue weighted by atomic mass is 10.1. The van der Waals surface area contributed by atoms with E-state index >= 15 is 0 Å². The second-order valence-electron chi connectivity index (χ2n) is 4.56. The van der Waals surface area contributed by atoms with E-state index in [0.29, 0.717) is 24.1 Å². The quantitative estimate of drug-likeness (QED) is 0.868. The third kappa shape index (κ3) is 3.52. The third-order valence-electron chi connectivity index (χ3n) is 2.87. The molecule has 0 amide bonds. The van der Waals surface area contributed by atoms with Crippen LogP contribution < -0.4 is 5.73 Å². The summed E-state index contributed by atoms with van der Waals surface area (Å²) in [5.41, 5.74) is 6.32. The van der Waals surface area contributed by atoms with E-state index in [4.69, 9.17) is 5.73 Å². The second kappa shape index (κ2) is 6.45. The molecule has 0 spiro atoms. The van der Waals surface area contributed by atoms with E-state index in [1.165, 1.54) is 16.4 Å². The van der Waals surface area contributed by atoms with Gasteiger partial charge in [0.25, 0.3) is 0 Å². The molecule has 0 radical (unpaired) electrons. The van der Waals surface area contributed by atoms with E-state index in [9.17, 15) is 12.8 Å². The minimum Gasteiger partial charge on any atom is -0.329 e. The highest BCUT2D eigenvalue weighted by molar-refractivity contribution is 7.89. The first kappa shape index (κ1) is 16.1. The molecule has 0 heterocycles. The smallest absolute Gasteiger partial charge is 0.243 e. The first-order valence-electron chi connectivity index (χ1n) is 6.31. The number of hydrogen-bond acceptors (Lipinski definition) is 3. The van der Waals surface area contributed by atoms with Gasteiger partial charge in [0.1, 0.15) is 5.82 Å². The van der Waals surface area contributed by atoms with Gasteiger partial charge in [0.05, 0.1) is 4.90 Å². The Kier molecular flexibility index (Phi) is 5.46. The Bertz CT molecular complexity index is 515. The summed E-state index contributed by atoms with van der Waals surface area (Å²) in [6.45, 7) is 6.06. The van der Waals surface area contributed by atoms with Crippen molar-refractivity contribution >= 4 is 10.0 Å². The molecule has 19 heavy (non-hydrogen) atoms. The van der Waals surface area contributed by atoms with Crippen molar-refractivity contribution in [3.8, 4) is 0 Å². The average Bonchev–Trinajstić information content (AvgIpc) is 2.26. The normalized spacial score (nSPS) is 12.1. The van der Waals surface area contributed by atoms with E-state index < -0.39 is 15.8 Å². The van der Waals surface area contributed by atoms with Gasteiger partial charge in [0.15, 0.2) is 0 Å². The molecule has 0 aliphatic rings. The SMILES string of the molecule is CCCN(CCN)S(=O)(=O)c1c(C)cc(F)cc1C. The molecular formula is C13H21FN2O2S. The Morgan fingerprint density at radius 2 is 1.74 bits per heavy atom. The van der Waals surface area contributed by atoms with Gasteiger partial charge in [-0.05, 0) is 43.5 Å². The highest BCUT2D eigenvalue weighted by atomic mass is 32.2. The molecule has 0 aromatic heterocycles. The van der Waals surface area contributed by atoms with Gasteiger partial charge in [-0.3, -0.25) is 0 Å². The third-order valence-corrected chi connectivity index (χ3v) is 5.08. The summed E-state index contributed by atoms with van der Waals surface area (Å²) in [6.07, 6.45) is 0.707. The molecule has 0 aliphatic carbocycles. The molecule has 0 saturated heterocycles. The van der Waals surface area contributed by atoms with E-state index in [0.717, 1.165) is 0 Å². The standard InChI is InChI=1S/C13H21FN2O2S/c1-4-6-16(7-5-15)19(17,18)13-10(2)8-12(14)9-11(13)3/h8-9H,4-7,15H2,1-3H3. The minimum absolute atomic E-state index is 0.191. The topological polar surface area (TPSA) is 63.4 Å². The van der Waals surface area contributed by atoms with Crippen molar-refractivity contribution in [2.75, 3.05) is 19.6 Å². The molecule has 6 heteroatoms. The Morgan fingerprint density at radius 1 is 1.21 bits per heavy atom. The molecule has 0 saturated carbocycles. The highest BCUT2D eigenvalue weighted by Gasteiger charge is 2.27. The zero-order valence-corrected chi connectivity index (χ0v) is 12.4. The maximum Gasteiger partial charge on any atom is 0.243 e. The number of rotatable bonds is 6. The van der Waals surface area contributed by atoms with Crippen LogP contribution in [0.3, 0.4) is 0 Å². The van der Waals surface area contributed by atoms with Crippen molar-refractivity contribution < 1.29 is 12.8 Å². The molecule has 108 valence electrons. The van der Waals surface area contributed by atoms with Crippen LogP contribution in [0.4, 0.5) is 4.39 Å². The van der Waals surface area contributed by atoms with Crippen LogP contribution in [-0.2, 0) is 10.0 Å². The number of nitrogens with two attached hydrogens (primary N) is 1. The van der Waals surface area contributed by atoms with Gasteiger partial charge < -0.3 is 5.73 Å². The molecule has 0 bridgehead atoms. The first-order valence-corrected chi connectivity index (χ1v) is 7.75. The van der Waals surface area contributed by atoms with E-state index in [-0.39, 0.29) is 18.0 Å². The maximum absolute atomic E-state index is 13.3. The van der Waals surface area contributed by atoms with Crippen LogP contribution in [0.25, 0.3) is 0 Å². The van der Waals surface area contributed by atoms with Crippen molar-refractivity contribution in [3.05, 3.63) is 29.1 Å². The molecule has 1 aromatic carbocycles. The van der Waals surface area contributed by atoms with Crippen LogP contribution in [0.1, 0.15) is 24.5 Å². The van der Waals surface area contributed by atoms with E-state index in [2.05, 4.69) is 0 Å². The van der Waals surface area contributed by atoms with Gasteiger partial charge in [-0.2, -0.15) is 4.31 Å². The molecule has 0 aliphatic heterocycles. The molecular weight excluding hydrogens is 267 g/mol. The van der Waals surface area contributed by atoms with Crippen LogP contribution in [0.15, 0.2) is 17.0 Å². The lowest BCUT2D eigenvalue weighted by Gasteiger charge is -2.23. The van der Waals surface area contributed by atoms with Gasteiger partial charge in [-0.15, -0.1) is 0 Å². The fourth-order valence-electron chi connectivity index (χ4n) is 2.18. The van der Waals surface area contributed by atoms with Crippen molar-refractivity contribution in [1.82, 2.24) is 4.31 Å². The molecule has 1 rings (SSSR count). The van der Waals surface area contributed by atoms with Crippen LogP contribution in [0.2, 0.25) is 0 Å². The van der Waals surface area contributed by atoms with Crippen LogP contribution >= 0.6 is 0 Å². The monoisotopic (exact) mass is 288 g/mol. The minimum atomic E-state index is -3.62. The number of hydrogen-bond donors (Lipinski definition) is 1. The largest absolute Gasteiger partial charge is 0.329 e.